The van der Waals surface area contributed by atoms with Gasteiger partial charge in [-0.2, -0.15) is 0 Å². The lowest BCUT2D eigenvalue weighted by Gasteiger charge is -2.40. The predicted molar refractivity (Wildman–Crippen MR) is 91.0 cm³/mol. The molecule has 2 aromatic rings. The van der Waals surface area contributed by atoms with Gasteiger partial charge >= 0.3 is 0 Å². The summed E-state index contributed by atoms with van der Waals surface area (Å²) in [6, 6.07) is 6.37. The molecule has 0 N–H and O–H groups in total. The molecule has 0 bridgehead atoms. The Labute approximate surface area is 146 Å². The number of rotatable bonds is 5. The van der Waals surface area contributed by atoms with Gasteiger partial charge in [-0.1, -0.05) is 18.6 Å². The fraction of sp³-hybridized carbons (Fsp3) is 0.556. The third-order valence-corrected chi connectivity index (χ3v) is 5.19. The average molecular weight is 346 g/mol. The Balaban J connectivity index is 1.42. The maximum Gasteiger partial charge on any atom is 0.227 e. The topological polar surface area (TPSA) is 52.4 Å². The van der Waals surface area contributed by atoms with Gasteiger partial charge in [-0.25, -0.2) is 4.39 Å². The van der Waals surface area contributed by atoms with E-state index in [4.69, 9.17) is 9.47 Å². The van der Waals surface area contributed by atoms with Gasteiger partial charge in [0.15, 0.2) is 17.4 Å². The zero-order valence-electron chi connectivity index (χ0n) is 14.4. The van der Waals surface area contributed by atoms with E-state index in [1.165, 1.54) is 25.3 Å². The molecule has 134 valence electrons. The van der Waals surface area contributed by atoms with Crippen molar-refractivity contribution in [1.82, 2.24) is 14.8 Å². The van der Waals surface area contributed by atoms with E-state index in [9.17, 15) is 4.39 Å². The van der Waals surface area contributed by atoms with Crippen molar-refractivity contribution < 1.29 is 13.9 Å². The molecule has 0 amide bonds. The number of nitrogens with zero attached hydrogens (tertiary/aromatic N) is 4. The minimum absolute atomic E-state index is 0.181. The van der Waals surface area contributed by atoms with Crippen molar-refractivity contribution >= 4 is 5.95 Å². The quantitative estimate of drug-likeness (QED) is 0.833. The van der Waals surface area contributed by atoms with Crippen LogP contribution in [0.1, 0.15) is 25.1 Å². The number of ether oxygens (including phenoxy) is 2. The first kappa shape index (κ1) is 16.3. The number of morpholine rings is 1. The van der Waals surface area contributed by atoms with Gasteiger partial charge in [0.2, 0.25) is 5.95 Å². The summed E-state index contributed by atoms with van der Waals surface area (Å²) >= 11 is 0. The molecule has 25 heavy (non-hydrogen) atoms. The molecule has 1 saturated heterocycles. The van der Waals surface area contributed by atoms with Gasteiger partial charge < -0.3 is 14.4 Å². The van der Waals surface area contributed by atoms with Gasteiger partial charge in [0.1, 0.15) is 6.61 Å². The second-order valence-corrected chi connectivity index (χ2v) is 6.74. The van der Waals surface area contributed by atoms with E-state index >= 15 is 0 Å². The Morgan fingerprint density at radius 3 is 2.88 bits per heavy atom. The second kappa shape index (κ2) is 7.00. The summed E-state index contributed by atoms with van der Waals surface area (Å²) in [5, 5.41) is 8.54. The third-order valence-electron chi connectivity index (χ3n) is 5.19. The molecule has 1 aromatic carbocycles. The fourth-order valence-electron chi connectivity index (χ4n) is 3.41. The van der Waals surface area contributed by atoms with E-state index in [1.807, 2.05) is 11.6 Å². The van der Waals surface area contributed by atoms with Crippen LogP contribution in [0.3, 0.4) is 0 Å². The van der Waals surface area contributed by atoms with E-state index in [0.29, 0.717) is 11.7 Å². The standard InChI is InChI=1S/C18H23FN4O2/c1-22-17(12-25-15-8-3-2-7-14(15)19)20-21-18(22)23-9-10-24-16(11-23)13-5-4-6-13/h2-3,7-8,13,16H,4-6,9-12H2,1H3. The summed E-state index contributed by atoms with van der Waals surface area (Å²) in [5.41, 5.74) is 0. The molecule has 1 atom stereocenters. The van der Waals surface area contributed by atoms with Crippen LogP contribution in [-0.2, 0) is 18.4 Å². The van der Waals surface area contributed by atoms with Crippen molar-refractivity contribution in [2.45, 2.75) is 32.0 Å². The molecule has 2 heterocycles. The van der Waals surface area contributed by atoms with Gasteiger partial charge in [-0.3, -0.25) is 4.57 Å². The number of benzene rings is 1. The van der Waals surface area contributed by atoms with Crippen LogP contribution < -0.4 is 9.64 Å². The third kappa shape index (κ3) is 3.33. The van der Waals surface area contributed by atoms with Crippen LogP contribution in [-0.4, -0.2) is 40.6 Å². The highest BCUT2D eigenvalue weighted by molar-refractivity contribution is 5.32. The molecule has 2 aliphatic rings. The molecular formula is C18H23FN4O2. The van der Waals surface area contributed by atoms with Crippen molar-refractivity contribution in [2.75, 3.05) is 24.6 Å². The first-order valence-electron chi connectivity index (χ1n) is 8.84. The van der Waals surface area contributed by atoms with Crippen LogP contribution in [0.15, 0.2) is 24.3 Å². The fourth-order valence-corrected chi connectivity index (χ4v) is 3.41. The summed E-state index contributed by atoms with van der Waals surface area (Å²) in [7, 11) is 1.92. The maximum absolute atomic E-state index is 13.7. The summed E-state index contributed by atoms with van der Waals surface area (Å²) in [5.74, 6) is 2.02. The zero-order valence-corrected chi connectivity index (χ0v) is 14.4. The van der Waals surface area contributed by atoms with E-state index in [1.54, 1.807) is 18.2 Å². The number of hydrogen-bond donors (Lipinski definition) is 0. The van der Waals surface area contributed by atoms with Gasteiger partial charge in [-0.15, -0.1) is 10.2 Å². The van der Waals surface area contributed by atoms with Crippen molar-refractivity contribution in [3.63, 3.8) is 0 Å². The molecule has 4 rings (SSSR count). The number of aromatic nitrogens is 3. The molecule has 0 spiro atoms. The Kier molecular flexibility index (Phi) is 4.57. The summed E-state index contributed by atoms with van der Waals surface area (Å²) in [6.45, 7) is 2.56. The molecular weight excluding hydrogens is 323 g/mol. The van der Waals surface area contributed by atoms with Crippen LogP contribution in [0.2, 0.25) is 0 Å². The highest BCUT2D eigenvalue weighted by atomic mass is 19.1. The summed E-state index contributed by atoms with van der Waals surface area (Å²) in [4.78, 5) is 2.23. The molecule has 6 nitrogen and oxygen atoms in total. The van der Waals surface area contributed by atoms with Gasteiger partial charge in [-0.05, 0) is 30.9 Å². The molecule has 1 aromatic heterocycles. The molecule has 0 radical (unpaired) electrons. The van der Waals surface area contributed by atoms with Crippen molar-refractivity contribution in [2.24, 2.45) is 13.0 Å². The first-order chi connectivity index (χ1) is 12.2. The van der Waals surface area contributed by atoms with Crippen LogP contribution in [0.5, 0.6) is 5.75 Å². The molecule has 7 heteroatoms. The lowest BCUT2D eigenvalue weighted by molar-refractivity contribution is -0.0229. The Morgan fingerprint density at radius 1 is 1.28 bits per heavy atom. The maximum atomic E-state index is 13.7. The average Bonchev–Trinajstić information content (AvgIpc) is 2.94. The SMILES string of the molecule is Cn1c(COc2ccccc2F)nnc1N1CCOC(C2CCC2)C1. The minimum Gasteiger partial charge on any atom is -0.483 e. The van der Waals surface area contributed by atoms with Crippen LogP contribution >= 0.6 is 0 Å². The number of anilines is 1. The van der Waals surface area contributed by atoms with Crippen molar-refractivity contribution in [3.8, 4) is 5.75 Å². The van der Waals surface area contributed by atoms with Crippen molar-refractivity contribution in [1.29, 1.82) is 0 Å². The van der Waals surface area contributed by atoms with Crippen LogP contribution in [0.4, 0.5) is 10.3 Å². The normalized spacial score (nSPS) is 21.2. The Hall–Kier alpha value is -2.15. The largest absolute Gasteiger partial charge is 0.483 e. The van der Waals surface area contributed by atoms with E-state index in [2.05, 4.69) is 15.1 Å². The molecule has 1 aliphatic heterocycles. The molecule has 1 unspecified atom stereocenters. The smallest absolute Gasteiger partial charge is 0.227 e. The monoisotopic (exact) mass is 346 g/mol. The highest BCUT2D eigenvalue weighted by Gasteiger charge is 2.33. The second-order valence-electron chi connectivity index (χ2n) is 6.74. The number of hydrogen-bond acceptors (Lipinski definition) is 5. The predicted octanol–water partition coefficient (Wildman–Crippen LogP) is 2.54. The number of halogens is 1. The van der Waals surface area contributed by atoms with Crippen LogP contribution in [0.25, 0.3) is 0 Å². The number of para-hydroxylation sites is 1. The van der Waals surface area contributed by atoms with E-state index < -0.39 is 0 Å². The lowest BCUT2D eigenvalue weighted by atomic mass is 9.80. The minimum atomic E-state index is -0.374. The molecule has 1 aliphatic carbocycles. The molecule has 1 saturated carbocycles. The van der Waals surface area contributed by atoms with Crippen LogP contribution in [0, 0.1) is 11.7 Å². The van der Waals surface area contributed by atoms with E-state index in [-0.39, 0.29) is 24.3 Å². The lowest BCUT2D eigenvalue weighted by Crippen LogP contribution is -2.48. The first-order valence-corrected chi connectivity index (χ1v) is 8.84. The van der Waals surface area contributed by atoms with Gasteiger partial charge in [0, 0.05) is 20.1 Å². The van der Waals surface area contributed by atoms with Crippen molar-refractivity contribution in [3.05, 3.63) is 35.9 Å². The highest BCUT2D eigenvalue weighted by Crippen LogP contribution is 2.33. The summed E-state index contributed by atoms with van der Waals surface area (Å²) in [6.07, 6.45) is 4.13. The molecule has 2 fully saturated rings. The van der Waals surface area contributed by atoms with Gasteiger partial charge in [0.05, 0.1) is 12.7 Å². The Morgan fingerprint density at radius 2 is 2.12 bits per heavy atom. The Bertz CT molecular complexity index is 732. The van der Waals surface area contributed by atoms with E-state index in [0.717, 1.165) is 25.6 Å². The summed E-state index contributed by atoms with van der Waals surface area (Å²) < 4.78 is 27.1. The van der Waals surface area contributed by atoms with Gasteiger partial charge in [0.25, 0.3) is 0 Å². The zero-order chi connectivity index (χ0) is 17.2.